The smallest absolute Gasteiger partial charge is 0.309 e. The number of amides is 2. The fraction of sp³-hybridized carbons (Fsp3) is 0.538. The summed E-state index contributed by atoms with van der Waals surface area (Å²) in [7, 11) is 0. The van der Waals surface area contributed by atoms with E-state index in [1.54, 1.807) is 20.8 Å². The molecule has 0 bridgehead atoms. The van der Waals surface area contributed by atoms with Crippen LogP contribution in [-0.2, 0) is 9.59 Å². The minimum atomic E-state index is -0.674. The molecule has 0 saturated carbocycles. The third kappa shape index (κ3) is 5.85. The third-order valence-corrected chi connectivity index (χ3v) is 3.03. The number of hydrogen-bond donors (Lipinski definition) is 3. The lowest BCUT2D eigenvalue weighted by Crippen LogP contribution is -2.48. The zero-order chi connectivity index (χ0) is 14.5. The van der Waals surface area contributed by atoms with Gasteiger partial charge in [0.25, 0.3) is 0 Å². The summed E-state index contributed by atoms with van der Waals surface area (Å²) in [5.74, 6) is -1.33. The van der Waals surface area contributed by atoms with E-state index in [9.17, 15) is 14.7 Å². The van der Waals surface area contributed by atoms with E-state index >= 15 is 0 Å². The van der Waals surface area contributed by atoms with Crippen LogP contribution in [0.2, 0.25) is 0 Å². The molecule has 1 heterocycles. The fourth-order valence-corrected chi connectivity index (χ4v) is 2.14. The quantitative estimate of drug-likeness (QED) is 0.727. The van der Waals surface area contributed by atoms with Crippen LogP contribution in [0.5, 0.6) is 0 Å². The van der Waals surface area contributed by atoms with Crippen molar-refractivity contribution in [2.24, 2.45) is 0 Å². The van der Waals surface area contributed by atoms with E-state index in [0.717, 1.165) is 5.56 Å². The van der Waals surface area contributed by atoms with Gasteiger partial charge in [0.15, 0.2) is 0 Å². The predicted molar refractivity (Wildman–Crippen MR) is 74.8 cm³/mol. The molecule has 0 saturated heterocycles. The third-order valence-electron chi connectivity index (χ3n) is 2.33. The maximum atomic E-state index is 11.5. The largest absolute Gasteiger partial charge is 0.388 e. The highest BCUT2D eigenvalue weighted by Crippen LogP contribution is 2.18. The van der Waals surface area contributed by atoms with E-state index in [1.165, 1.54) is 11.3 Å². The number of aliphatic hydroxyl groups is 1. The molecular weight excluding hydrogens is 264 g/mol. The molecule has 19 heavy (non-hydrogen) atoms. The van der Waals surface area contributed by atoms with Crippen molar-refractivity contribution in [3.63, 3.8) is 0 Å². The first kappa shape index (κ1) is 15.7. The van der Waals surface area contributed by atoms with Crippen LogP contribution in [0.4, 0.5) is 0 Å². The molecule has 0 aliphatic heterocycles. The zero-order valence-corrected chi connectivity index (χ0v) is 12.2. The Hall–Kier alpha value is -1.40. The van der Waals surface area contributed by atoms with Crippen LogP contribution in [0.25, 0.3) is 0 Å². The molecule has 1 aromatic heterocycles. The minimum absolute atomic E-state index is 0.257. The molecular formula is C13H20N2O3S. The molecule has 1 aromatic rings. The van der Waals surface area contributed by atoms with Crippen molar-refractivity contribution in [1.29, 1.82) is 0 Å². The Morgan fingerprint density at radius 2 is 2.05 bits per heavy atom. The molecule has 0 aliphatic rings. The average Bonchev–Trinajstić information content (AvgIpc) is 2.79. The maximum Gasteiger partial charge on any atom is 0.309 e. The van der Waals surface area contributed by atoms with Crippen LogP contribution in [0.1, 0.15) is 38.9 Å². The van der Waals surface area contributed by atoms with Gasteiger partial charge in [0.1, 0.15) is 0 Å². The number of nitrogens with one attached hydrogen (secondary N) is 2. The first-order chi connectivity index (χ1) is 8.79. The molecule has 106 valence electrons. The fourth-order valence-electron chi connectivity index (χ4n) is 1.43. The van der Waals surface area contributed by atoms with Gasteiger partial charge >= 0.3 is 11.8 Å². The van der Waals surface area contributed by atoms with E-state index in [4.69, 9.17) is 0 Å². The summed E-state index contributed by atoms with van der Waals surface area (Å²) in [6.45, 7) is 5.67. The summed E-state index contributed by atoms with van der Waals surface area (Å²) in [4.78, 5) is 23.0. The predicted octanol–water partition coefficient (Wildman–Crippen LogP) is 1.20. The molecule has 0 spiro atoms. The summed E-state index contributed by atoms with van der Waals surface area (Å²) in [5.41, 5.74) is 0.392. The number of carbonyl (C=O) groups excluding carboxylic acids is 2. The van der Waals surface area contributed by atoms with Crippen LogP contribution >= 0.6 is 11.3 Å². The lowest BCUT2D eigenvalue weighted by atomic mass is 10.1. The summed E-state index contributed by atoms with van der Waals surface area (Å²) in [5, 5.41) is 18.6. The second kappa shape index (κ2) is 6.68. The van der Waals surface area contributed by atoms with Gasteiger partial charge in [-0.2, -0.15) is 11.3 Å². The van der Waals surface area contributed by atoms with Gasteiger partial charge in [-0.3, -0.25) is 9.59 Å². The topological polar surface area (TPSA) is 78.4 Å². The molecule has 6 heteroatoms. The monoisotopic (exact) mass is 284 g/mol. The summed E-state index contributed by atoms with van der Waals surface area (Å²) in [6.07, 6.45) is -0.233. The highest BCUT2D eigenvalue weighted by Gasteiger charge is 2.20. The van der Waals surface area contributed by atoms with Crippen molar-refractivity contribution in [1.82, 2.24) is 10.6 Å². The first-order valence-corrected chi connectivity index (χ1v) is 7.04. The molecule has 3 N–H and O–H groups in total. The number of aliphatic hydroxyl groups excluding tert-OH is 1. The van der Waals surface area contributed by atoms with Crippen LogP contribution in [0, 0.1) is 0 Å². The van der Waals surface area contributed by atoms with E-state index in [0.29, 0.717) is 6.42 Å². The van der Waals surface area contributed by atoms with Gasteiger partial charge < -0.3 is 15.7 Å². The van der Waals surface area contributed by atoms with Gasteiger partial charge in [-0.15, -0.1) is 0 Å². The summed E-state index contributed by atoms with van der Waals surface area (Å²) in [6, 6.07) is 1.84. The molecule has 0 aromatic carbocycles. The Balaban J connectivity index is 2.29. The number of rotatable bonds is 4. The number of thiophene rings is 1. The Kier molecular flexibility index (Phi) is 5.50. The van der Waals surface area contributed by atoms with Crippen LogP contribution in [0.15, 0.2) is 16.8 Å². The normalized spacial score (nSPS) is 12.8. The van der Waals surface area contributed by atoms with Crippen LogP contribution in [0.3, 0.4) is 0 Å². The molecule has 1 rings (SSSR count). The van der Waals surface area contributed by atoms with E-state index < -0.39 is 23.5 Å². The Bertz CT molecular complexity index is 424. The molecule has 2 amide bonds. The number of hydrogen-bond acceptors (Lipinski definition) is 4. The lowest BCUT2D eigenvalue weighted by molar-refractivity contribution is -0.140. The second-order valence-electron chi connectivity index (χ2n) is 5.32. The molecule has 5 nitrogen and oxygen atoms in total. The van der Waals surface area contributed by atoms with Crippen LogP contribution in [-0.4, -0.2) is 29.0 Å². The van der Waals surface area contributed by atoms with Crippen molar-refractivity contribution < 1.29 is 14.7 Å². The first-order valence-electron chi connectivity index (χ1n) is 6.10. The SMILES string of the molecule is CC(C)(C)NC(=O)C(=O)NCCC(O)c1ccsc1. The van der Waals surface area contributed by atoms with Gasteiger partial charge in [-0.1, -0.05) is 0 Å². The molecule has 0 fully saturated rings. The van der Waals surface area contributed by atoms with Gasteiger partial charge in [0.2, 0.25) is 0 Å². The van der Waals surface area contributed by atoms with Crippen LogP contribution < -0.4 is 10.6 Å². The second-order valence-corrected chi connectivity index (χ2v) is 6.10. The molecule has 0 aliphatic carbocycles. The van der Waals surface area contributed by atoms with Crippen molar-refractivity contribution in [3.8, 4) is 0 Å². The van der Waals surface area contributed by atoms with E-state index in [2.05, 4.69) is 10.6 Å². The number of carbonyl (C=O) groups is 2. The van der Waals surface area contributed by atoms with E-state index in [1.807, 2.05) is 16.8 Å². The van der Waals surface area contributed by atoms with Crippen molar-refractivity contribution in [2.75, 3.05) is 6.54 Å². The maximum absolute atomic E-state index is 11.5. The van der Waals surface area contributed by atoms with Gasteiger partial charge in [0, 0.05) is 12.1 Å². The Morgan fingerprint density at radius 3 is 2.58 bits per heavy atom. The standard InChI is InChI=1S/C13H20N2O3S/c1-13(2,3)15-12(18)11(17)14-6-4-10(16)9-5-7-19-8-9/h5,7-8,10,16H,4,6H2,1-3H3,(H,14,17)(H,15,18). The minimum Gasteiger partial charge on any atom is -0.388 e. The average molecular weight is 284 g/mol. The zero-order valence-electron chi connectivity index (χ0n) is 11.4. The molecule has 1 unspecified atom stereocenters. The Labute approximate surface area is 117 Å². The lowest BCUT2D eigenvalue weighted by Gasteiger charge is -2.20. The summed E-state index contributed by atoms with van der Waals surface area (Å²) < 4.78 is 0. The Morgan fingerprint density at radius 1 is 1.37 bits per heavy atom. The van der Waals surface area contributed by atoms with E-state index in [-0.39, 0.29) is 6.54 Å². The molecule has 0 radical (unpaired) electrons. The van der Waals surface area contributed by atoms with Crippen molar-refractivity contribution in [2.45, 2.75) is 38.8 Å². The highest BCUT2D eigenvalue weighted by atomic mass is 32.1. The van der Waals surface area contributed by atoms with Gasteiger partial charge in [-0.25, -0.2) is 0 Å². The van der Waals surface area contributed by atoms with Gasteiger partial charge in [-0.05, 0) is 49.6 Å². The molecule has 1 atom stereocenters. The van der Waals surface area contributed by atoms with Crippen molar-refractivity contribution in [3.05, 3.63) is 22.4 Å². The highest BCUT2D eigenvalue weighted by molar-refractivity contribution is 7.07. The van der Waals surface area contributed by atoms with Gasteiger partial charge in [0.05, 0.1) is 6.10 Å². The summed E-state index contributed by atoms with van der Waals surface area (Å²) >= 11 is 1.51. The van der Waals surface area contributed by atoms with Crippen molar-refractivity contribution >= 4 is 23.2 Å².